The molecule has 1 aliphatic rings. The summed E-state index contributed by atoms with van der Waals surface area (Å²) in [6.45, 7) is 1.72. The van der Waals surface area contributed by atoms with Gasteiger partial charge >= 0.3 is 0 Å². The molecule has 0 atom stereocenters. The number of para-hydroxylation sites is 1. The molecule has 3 aromatic carbocycles. The Labute approximate surface area is 228 Å². The number of carbonyl (C=O) groups is 2. The number of nitrogens with zero attached hydrogens (tertiary/aromatic N) is 1. The quantitative estimate of drug-likeness (QED) is 0.256. The Morgan fingerprint density at radius 1 is 1.11 bits per heavy atom. The van der Waals surface area contributed by atoms with Crippen molar-refractivity contribution in [3.63, 3.8) is 0 Å². The molecule has 3 aromatic rings. The van der Waals surface area contributed by atoms with Crippen LogP contribution < -0.4 is 19.7 Å². The van der Waals surface area contributed by atoms with Crippen LogP contribution >= 0.6 is 47.2 Å². The summed E-state index contributed by atoms with van der Waals surface area (Å²) >= 11 is 18.9. The average Bonchev–Trinajstić information content (AvgIpc) is 3.12. The van der Waals surface area contributed by atoms with E-state index in [4.69, 9.17) is 44.9 Å². The maximum atomic E-state index is 13.1. The lowest BCUT2D eigenvalue weighted by Crippen LogP contribution is -2.27. The molecule has 0 radical (unpaired) electrons. The Morgan fingerprint density at radius 2 is 1.89 bits per heavy atom. The Morgan fingerprint density at radius 3 is 2.61 bits per heavy atom. The summed E-state index contributed by atoms with van der Waals surface area (Å²) < 4.78 is 11.5. The van der Waals surface area contributed by atoms with Gasteiger partial charge in [0.2, 0.25) is 0 Å². The van der Waals surface area contributed by atoms with Crippen molar-refractivity contribution in [1.82, 2.24) is 0 Å². The lowest BCUT2D eigenvalue weighted by Gasteiger charge is -2.16. The van der Waals surface area contributed by atoms with Gasteiger partial charge in [-0.05, 0) is 60.5 Å². The lowest BCUT2D eigenvalue weighted by atomic mass is 10.1. The van der Waals surface area contributed by atoms with E-state index in [9.17, 15) is 9.59 Å². The zero-order valence-electron chi connectivity index (χ0n) is 19.2. The van der Waals surface area contributed by atoms with Crippen molar-refractivity contribution in [2.75, 3.05) is 23.9 Å². The van der Waals surface area contributed by atoms with Gasteiger partial charge < -0.3 is 14.8 Å². The van der Waals surface area contributed by atoms with Crippen LogP contribution in [0.25, 0.3) is 6.08 Å². The standard InChI is InChI=1S/C26H20Cl2N2O4S2/c1-15-5-3-4-6-19(15)29-24(31)14-34-21-10-7-16(11-22(21)33-2)12-23-25(32)30(26(35)36-23)20-9-8-17(27)13-18(20)28/h3-13H,14H2,1-2H3,(H,29,31)/b23-12+. The Balaban J connectivity index is 1.47. The number of carbonyl (C=O) groups excluding carboxylic acids is 2. The van der Waals surface area contributed by atoms with Gasteiger partial charge in [0, 0.05) is 10.7 Å². The fourth-order valence-electron chi connectivity index (χ4n) is 3.43. The van der Waals surface area contributed by atoms with E-state index in [1.54, 1.807) is 42.5 Å². The van der Waals surface area contributed by atoms with E-state index in [1.165, 1.54) is 23.8 Å². The predicted octanol–water partition coefficient (Wildman–Crippen LogP) is 6.73. The van der Waals surface area contributed by atoms with Gasteiger partial charge in [-0.2, -0.15) is 0 Å². The summed E-state index contributed by atoms with van der Waals surface area (Å²) in [4.78, 5) is 27.2. The molecule has 1 aliphatic heterocycles. The number of methoxy groups -OCH3 is 1. The molecule has 10 heteroatoms. The summed E-state index contributed by atoms with van der Waals surface area (Å²) in [7, 11) is 1.50. The molecule has 0 aromatic heterocycles. The first kappa shape index (κ1) is 26.0. The molecule has 184 valence electrons. The summed E-state index contributed by atoms with van der Waals surface area (Å²) in [6.07, 6.45) is 1.71. The summed E-state index contributed by atoms with van der Waals surface area (Å²) in [5.74, 6) is 0.236. The molecule has 0 aliphatic carbocycles. The first-order chi connectivity index (χ1) is 17.3. The summed E-state index contributed by atoms with van der Waals surface area (Å²) in [5, 5.41) is 3.62. The SMILES string of the molecule is COc1cc(/C=C2/SC(=S)N(c3ccc(Cl)cc3Cl)C2=O)ccc1OCC(=O)Nc1ccccc1C. The predicted molar refractivity (Wildman–Crippen MR) is 150 cm³/mol. The monoisotopic (exact) mass is 558 g/mol. The first-order valence-corrected chi connectivity index (χ1v) is 12.6. The van der Waals surface area contributed by atoms with Crippen molar-refractivity contribution in [3.05, 3.63) is 86.7 Å². The van der Waals surface area contributed by atoms with Gasteiger partial charge in [0.1, 0.15) is 0 Å². The Bertz CT molecular complexity index is 1390. The smallest absolute Gasteiger partial charge is 0.270 e. The van der Waals surface area contributed by atoms with Crippen LogP contribution in [0, 0.1) is 6.92 Å². The molecule has 2 amide bonds. The highest BCUT2D eigenvalue weighted by molar-refractivity contribution is 8.27. The molecule has 1 N–H and O–H groups in total. The molecular formula is C26H20Cl2N2O4S2. The maximum Gasteiger partial charge on any atom is 0.270 e. The highest BCUT2D eigenvalue weighted by Crippen LogP contribution is 2.40. The molecule has 1 saturated heterocycles. The Kier molecular flexibility index (Phi) is 8.21. The second-order valence-electron chi connectivity index (χ2n) is 7.67. The van der Waals surface area contributed by atoms with Crippen LogP contribution in [-0.2, 0) is 9.59 Å². The van der Waals surface area contributed by atoms with E-state index in [-0.39, 0.29) is 18.4 Å². The molecule has 0 spiro atoms. The maximum absolute atomic E-state index is 13.1. The zero-order valence-corrected chi connectivity index (χ0v) is 22.4. The molecule has 36 heavy (non-hydrogen) atoms. The first-order valence-electron chi connectivity index (χ1n) is 10.7. The largest absolute Gasteiger partial charge is 0.493 e. The van der Waals surface area contributed by atoms with Crippen LogP contribution in [0.3, 0.4) is 0 Å². The van der Waals surface area contributed by atoms with E-state index in [1.807, 2.05) is 31.2 Å². The second-order valence-corrected chi connectivity index (χ2v) is 10.2. The van der Waals surface area contributed by atoms with Crippen LogP contribution in [0.5, 0.6) is 11.5 Å². The molecule has 4 rings (SSSR count). The second kappa shape index (κ2) is 11.3. The van der Waals surface area contributed by atoms with Crippen LogP contribution in [0.15, 0.2) is 65.6 Å². The molecule has 1 fully saturated rings. The van der Waals surface area contributed by atoms with Gasteiger partial charge in [-0.25, -0.2) is 0 Å². The van der Waals surface area contributed by atoms with Crippen molar-refractivity contribution < 1.29 is 19.1 Å². The van der Waals surface area contributed by atoms with Crippen LogP contribution in [-0.4, -0.2) is 29.9 Å². The van der Waals surface area contributed by atoms with Crippen molar-refractivity contribution in [1.29, 1.82) is 0 Å². The molecule has 6 nitrogen and oxygen atoms in total. The van der Waals surface area contributed by atoms with E-state index >= 15 is 0 Å². The average molecular weight is 559 g/mol. The minimum Gasteiger partial charge on any atom is -0.493 e. The number of hydrogen-bond donors (Lipinski definition) is 1. The topological polar surface area (TPSA) is 67.9 Å². The van der Waals surface area contributed by atoms with Crippen molar-refractivity contribution in [2.45, 2.75) is 6.92 Å². The van der Waals surface area contributed by atoms with E-state index in [0.717, 1.165) is 11.3 Å². The number of anilines is 2. The number of halogens is 2. The van der Waals surface area contributed by atoms with Crippen LogP contribution in [0.4, 0.5) is 11.4 Å². The zero-order chi connectivity index (χ0) is 25.8. The van der Waals surface area contributed by atoms with Gasteiger partial charge in [-0.15, -0.1) is 0 Å². The number of thiocarbonyl (C=S) groups is 1. The van der Waals surface area contributed by atoms with Crippen molar-refractivity contribution in [3.8, 4) is 11.5 Å². The fourth-order valence-corrected chi connectivity index (χ4v) is 5.20. The number of aryl methyl sites for hydroxylation is 1. The summed E-state index contributed by atoms with van der Waals surface area (Å²) in [5.41, 5.74) is 2.85. The van der Waals surface area contributed by atoms with Crippen LogP contribution in [0.1, 0.15) is 11.1 Å². The summed E-state index contributed by atoms with van der Waals surface area (Å²) in [6, 6.07) is 17.5. The van der Waals surface area contributed by atoms with Crippen LogP contribution in [0.2, 0.25) is 10.0 Å². The van der Waals surface area contributed by atoms with E-state index in [0.29, 0.717) is 42.0 Å². The highest BCUT2D eigenvalue weighted by atomic mass is 35.5. The fraction of sp³-hybridized carbons (Fsp3) is 0.115. The number of nitrogens with one attached hydrogen (secondary N) is 1. The van der Waals surface area contributed by atoms with Crippen molar-refractivity contribution >= 4 is 80.8 Å². The van der Waals surface area contributed by atoms with Gasteiger partial charge in [0.15, 0.2) is 22.4 Å². The molecule has 0 saturated carbocycles. The van der Waals surface area contributed by atoms with Gasteiger partial charge in [0.05, 0.1) is 22.7 Å². The van der Waals surface area contributed by atoms with Gasteiger partial charge in [-0.1, -0.05) is 71.4 Å². The number of rotatable bonds is 7. The minimum absolute atomic E-state index is 0.190. The number of ether oxygens (including phenoxy) is 2. The normalized spacial score (nSPS) is 14.3. The minimum atomic E-state index is -0.292. The third-order valence-electron chi connectivity index (χ3n) is 5.21. The third kappa shape index (κ3) is 5.84. The number of benzene rings is 3. The number of hydrogen-bond acceptors (Lipinski definition) is 6. The lowest BCUT2D eigenvalue weighted by molar-refractivity contribution is -0.118. The highest BCUT2D eigenvalue weighted by Gasteiger charge is 2.34. The molecule has 0 unspecified atom stereocenters. The van der Waals surface area contributed by atoms with Crippen molar-refractivity contribution in [2.24, 2.45) is 0 Å². The molecule has 0 bridgehead atoms. The van der Waals surface area contributed by atoms with E-state index < -0.39 is 0 Å². The number of thioether (sulfide) groups is 1. The van der Waals surface area contributed by atoms with Gasteiger partial charge in [0.25, 0.3) is 11.8 Å². The molecule has 1 heterocycles. The van der Waals surface area contributed by atoms with Gasteiger partial charge in [-0.3, -0.25) is 14.5 Å². The number of amides is 2. The third-order valence-corrected chi connectivity index (χ3v) is 7.05. The van der Waals surface area contributed by atoms with E-state index in [2.05, 4.69) is 5.32 Å². The molecular weight excluding hydrogens is 539 g/mol. The Hall–Kier alpha value is -3.04.